The highest BCUT2D eigenvalue weighted by Crippen LogP contribution is 2.22. The van der Waals surface area contributed by atoms with Gasteiger partial charge >= 0.3 is 0 Å². The molecule has 0 fully saturated rings. The van der Waals surface area contributed by atoms with Crippen LogP contribution in [-0.2, 0) is 16.3 Å². The molecular weight excluding hydrogens is 366 g/mol. The Morgan fingerprint density at radius 2 is 1.36 bits per heavy atom. The van der Waals surface area contributed by atoms with E-state index in [0.717, 1.165) is 17.8 Å². The zero-order valence-corrected chi connectivity index (χ0v) is 16.4. The summed E-state index contributed by atoms with van der Waals surface area (Å²) in [6, 6.07) is 30.1. The highest BCUT2D eigenvalue weighted by molar-refractivity contribution is 7.90. The number of sulfone groups is 1. The van der Waals surface area contributed by atoms with Crippen molar-refractivity contribution in [2.45, 2.75) is 11.3 Å². The summed E-state index contributed by atoms with van der Waals surface area (Å²) in [7, 11) is -3.18. The lowest BCUT2D eigenvalue weighted by molar-refractivity contribution is 0.602. The molecule has 0 N–H and O–H groups in total. The van der Waals surface area contributed by atoms with E-state index >= 15 is 0 Å². The van der Waals surface area contributed by atoms with Crippen molar-refractivity contribution in [3.63, 3.8) is 0 Å². The Morgan fingerprint density at radius 1 is 0.714 bits per heavy atom. The summed E-state index contributed by atoms with van der Waals surface area (Å²) in [5, 5.41) is 0. The molecule has 0 spiro atoms. The summed E-state index contributed by atoms with van der Waals surface area (Å²) in [4.78, 5) is 0.335. The number of hydrogen-bond acceptors (Lipinski definition) is 2. The molecule has 0 aliphatic heterocycles. The van der Waals surface area contributed by atoms with E-state index in [-0.39, 0.29) is 0 Å². The van der Waals surface area contributed by atoms with Gasteiger partial charge in [0.25, 0.3) is 0 Å². The lowest BCUT2D eigenvalue weighted by Gasteiger charge is -2.11. The Balaban J connectivity index is 1.56. The largest absolute Gasteiger partial charge is 0.321 e. The summed E-state index contributed by atoms with van der Waals surface area (Å²) in [5.41, 5.74) is 5.75. The highest BCUT2D eigenvalue weighted by atomic mass is 32.2. The standard InChI is InChI=1S/C24H21NO2S/c1-28(26,27)24-15-13-22(14-16-24)25-17-5-8-23(25)18-19-9-11-21(12-10-19)20-6-3-2-4-7-20/h2-17H,18H2,1H3. The van der Waals surface area contributed by atoms with Gasteiger partial charge < -0.3 is 4.57 Å². The van der Waals surface area contributed by atoms with E-state index in [1.807, 2.05) is 42.6 Å². The first-order valence-electron chi connectivity index (χ1n) is 9.12. The summed E-state index contributed by atoms with van der Waals surface area (Å²) in [5.74, 6) is 0. The van der Waals surface area contributed by atoms with Gasteiger partial charge in [-0.2, -0.15) is 0 Å². The van der Waals surface area contributed by atoms with E-state index in [1.54, 1.807) is 12.1 Å². The number of rotatable bonds is 5. The van der Waals surface area contributed by atoms with Crippen LogP contribution < -0.4 is 0 Å². The molecule has 0 bridgehead atoms. The van der Waals surface area contributed by atoms with Crippen LogP contribution in [0.4, 0.5) is 0 Å². The molecular formula is C24H21NO2S. The molecule has 0 atom stereocenters. The number of hydrogen-bond donors (Lipinski definition) is 0. The topological polar surface area (TPSA) is 39.1 Å². The second kappa shape index (κ2) is 7.49. The van der Waals surface area contributed by atoms with Gasteiger partial charge in [-0.15, -0.1) is 0 Å². The predicted molar refractivity (Wildman–Crippen MR) is 114 cm³/mol. The van der Waals surface area contributed by atoms with E-state index in [4.69, 9.17) is 0 Å². The van der Waals surface area contributed by atoms with Crippen LogP contribution in [0.3, 0.4) is 0 Å². The molecule has 0 saturated heterocycles. The lowest BCUT2D eigenvalue weighted by Crippen LogP contribution is -2.01. The van der Waals surface area contributed by atoms with E-state index in [0.29, 0.717) is 4.90 Å². The quantitative estimate of drug-likeness (QED) is 0.476. The predicted octanol–water partition coefficient (Wildman–Crippen LogP) is 5.14. The van der Waals surface area contributed by atoms with Gasteiger partial charge in [-0.1, -0.05) is 54.6 Å². The van der Waals surface area contributed by atoms with Crippen molar-refractivity contribution in [1.29, 1.82) is 0 Å². The monoisotopic (exact) mass is 387 g/mol. The van der Waals surface area contributed by atoms with Gasteiger partial charge in [0, 0.05) is 30.3 Å². The van der Waals surface area contributed by atoms with Crippen molar-refractivity contribution in [3.05, 3.63) is 108 Å². The molecule has 1 heterocycles. The van der Waals surface area contributed by atoms with Crippen molar-refractivity contribution in [1.82, 2.24) is 4.57 Å². The van der Waals surface area contributed by atoms with Gasteiger partial charge in [0.2, 0.25) is 0 Å². The van der Waals surface area contributed by atoms with E-state index < -0.39 is 9.84 Å². The molecule has 1 aromatic heterocycles. The van der Waals surface area contributed by atoms with Crippen LogP contribution in [0, 0.1) is 0 Å². The lowest BCUT2D eigenvalue weighted by atomic mass is 10.0. The molecule has 0 radical (unpaired) electrons. The fraction of sp³-hybridized carbons (Fsp3) is 0.0833. The molecule has 0 saturated carbocycles. The summed E-state index contributed by atoms with van der Waals surface area (Å²) < 4.78 is 25.4. The Labute approximate surface area is 165 Å². The number of benzene rings is 3. The second-order valence-corrected chi connectivity index (χ2v) is 8.89. The zero-order chi connectivity index (χ0) is 19.6. The van der Waals surface area contributed by atoms with Gasteiger partial charge in [0.1, 0.15) is 0 Å². The molecule has 0 unspecified atom stereocenters. The summed E-state index contributed by atoms with van der Waals surface area (Å²) in [6.07, 6.45) is 4.03. The van der Waals surface area contributed by atoms with Crippen LogP contribution >= 0.6 is 0 Å². The van der Waals surface area contributed by atoms with Crippen LogP contribution in [0.5, 0.6) is 0 Å². The van der Waals surface area contributed by atoms with Crippen LogP contribution in [0.15, 0.2) is 102 Å². The Bertz CT molecular complexity index is 1170. The molecule has 0 aliphatic carbocycles. The third-order valence-corrected chi connectivity index (χ3v) is 5.95. The zero-order valence-electron chi connectivity index (χ0n) is 15.6. The molecule has 3 aromatic carbocycles. The average Bonchev–Trinajstić information content (AvgIpc) is 3.17. The first-order chi connectivity index (χ1) is 13.5. The number of aromatic nitrogens is 1. The van der Waals surface area contributed by atoms with E-state index in [1.165, 1.54) is 22.9 Å². The van der Waals surface area contributed by atoms with Crippen LogP contribution in [0.2, 0.25) is 0 Å². The maximum atomic E-state index is 11.7. The van der Waals surface area contributed by atoms with Crippen molar-refractivity contribution >= 4 is 9.84 Å². The Kier molecular flexibility index (Phi) is 4.88. The fourth-order valence-electron chi connectivity index (χ4n) is 3.32. The van der Waals surface area contributed by atoms with Crippen molar-refractivity contribution < 1.29 is 8.42 Å². The smallest absolute Gasteiger partial charge is 0.175 e. The Hall–Kier alpha value is -3.11. The molecule has 0 aliphatic rings. The highest BCUT2D eigenvalue weighted by Gasteiger charge is 2.09. The molecule has 3 nitrogen and oxygen atoms in total. The summed E-state index contributed by atoms with van der Waals surface area (Å²) in [6.45, 7) is 0. The first-order valence-corrected chi connectivity index (χ1v) is 11.0. The minimum absolute atomic E-state index is 0.335. The Morgan fingerprint density at radius 3 is 2.00 bits per heavy atom. The van der Waals surface area contributed by atoms with Gasteiger partial charge in [-0.05, 0) is 53.1 Å². The molecule has 4 heteroatoms. The van der Waals surface area contributed by atoms with E-state index in [2.05, 4.69) is 47.0 Å². The van der Waals surface area contributed by atoms with Crippen LogP contribution in [-0.4, -0.2) is 19.2 Å². The van der Waals surface area contributed by atoms with Gasteiger partial charge in [-0.3, -0.25) is 0 Å². The van der Waals surface area contributed by atoms with Crippen LogP contribution in [0.1, 0.15) is 11.3 Å². The number of nitrogens with zero attached hydrogens (tertiary/aromatic N) is 1. The van der Waals surface area contributed by atoms with Crippen LogP contribution in [0.25, 0.3) is 16.8 Å². The summed E-state index contributed by atoms with van der Waals surface area (Å²) >= 11 is 0. The third kappa shape index (κ3) is 3.92. The first kappa shape index (κ1) is 18.3. The van der Waals surface area contributed by atoms with Gasteiger partial charge in [0.15, 0.2) is 9.84 Å². The van der Waals surface area contributed by atoms with Crippen molar-refractivity contribution in [3.8, 4) is 16.8 Å². The molecule has 140 valence electrons. The average molecular weight is 388 g/mol. The van der Waals surface area contributed by atoms with E-state index in [9.17, 15) is 8.42 Å². The maximum Gasteiger partial charge on any atom is 0.175 e. The molecule has 0 amide bonds. The van der Waals surface area contributed by atoms with Crippen molar-refractivity contribution in [2.24, 2.45) is 0 Å². The molecule has 4 aromatic rings. The fourth-order valence-corrected chi connectivity index (χ4v) is 3.95. The van der Waals surface area contributed by atoms with Gasteiger partial charge in [-0.25, -0.2) is 8.42 Å². The maximum absolute atomic E-state index is 11.7. The molecule has 28 heavy (non-hydrogen) atoms. The van der Waals surface area contributed by atoms with Gasteiger partial charge in [0.05, 0.1) is 4.90 Å². The minimum Gasteiger partial charge on any atom is -0.321 e. The SMILES string of the molecule is CS(=O)(=O)c1ccc(-n2cccc2Cc2ccc(-c3ccccc3)cc2)cc1. The minimum atomic E-state index is -3.18. The second-order valence-electron chi connectivity index (χ2n) is 6.88. The molecule has 4 rings (SSSR count). The third-order valence-electron chi connectivity index (χ3n) is 4.82. The van der Waals surface area contributed by atoms with Crippen molar-refractivity contribution in [2.75, 3.05) is 6.26 Å². The normalized spacial score (nSPS) is 11.5.